The first-order valence-corrected chi connectivity index (χ1v) is 11.6. The average Bonchev–Trinajstić information content (AvgIpc) is 3.50. The first-order chi connectivity index (χ1) is 15.2. The van der Waals surface area contributed by atoms with Crippen LogP contribution in [0.2, 0.25) is 0 Å². The Morgan fingerprint density at radius 1 is 1.13 bits per heavy atom. The molecule has 1 aliphatic carbocycles. The van der Waals surface area contributed by atoms with Crippen molar-refractivity contribution >= 4 is 28.2 Å². The molecular weight excluding hydrogens is 406 g/mol. The van der Waals surface area contributed by atoms with Crippen LogP contribution in [0.3, 0.4) is 0 Å². The van der Waals surface area contributed by atoms with E-state index in [0.29, 0.717) is 17.9 Å². The molecule has 0 amide bonds. The van der Waals surface area contributed by atoms with Crippen LogP contribution in [0.1, 0.15) is 47.5 Å². The molecule has 0 radical (unpaired) electrons. The first kappa shape index (κ1) is 18.9. The molecule has 6 rings (SSSR count). The van der Waals surface area contributed by atoms with E-state index in [-0.39, 0.29) is 6.04 Å². The van der Waals surface area contributed by atoms with E-state index in [9.17, 15) is 0 Å². The quantitative estimate of drug-likeness (QED) is 0.390. The maximum Gasteiger partial charge on any atom is 0.178 e. The molecule has 31 heavy (non-hydrogen) atoms. The van der Waals surface area contributed by atoms with Crippen LogP contribution in [-0.2, 0) is 0 Å². The van der Waals surface area contributed by atoms with Gasteiger partial charge < -0.3 is 10.7 Å². The summed E-state index contributed by atoms with van der Waals surface area (Å²) in [6.07, 6.45) is 8.85. The lowest BCUT2D eigenvalue weighted by atomic mass is 9.73. The van der Waals surface area contributed by atoms with E-state index in [0.717, 1.165) is 47.5 Å². The number of H-pyrrole nitrogens is 1. The molecule has 158 valence electrons. The van der Waals surface area contributed by atoms with Crippen molar-refractivity contribution in [3.8, 4) is 10.4 Å². The molecular formula is C23H25N7S. The Kier molecular flexibility index (Phi) is 4.52. The Morgan fingerprint density at radius 3 is 2.90 bits per heavy atom. The molecule has 4 aromatic rings. The SMILES string of the molecule is Cc1ccc(-c2ccnc3nc(C4NNC5CCC(c6cncc(N)c6)CC54)[nH]c23)s1. The molecule has 2 aliphatic rings. The average molecular weight is 432 g/mol. The number of hydrogen-bond acceptors (Lipinski definition) is 7. The second-order valence-corrected chi connectivity index (χ2v) is 9.98. The van der Waals surface area contributed by atoms with E-state index in [1.54, 1.807) is 17.5 Å². The van der Waals surface area contributed by atoms with Crippen LogP contribution in [0.15, 0.2) is 42.9 Å². The van der Waals surface area contributed by atoms with Gasteiger partial charge in [-0.3, -0.25) is 10.4 Å². The van der Waals surface area contributed by atoms with Crippen LogP contribution in [0.5, 0.6) is 0 Å². The maximum absolute atomic E-state index is 5.99. The summed E-state index contributed by atoms with van der Waals surface area (Å²) >= 11 is 1.79. The number of nitrogens with two attached hydrogens (primary N) is 1. The van der Waals surface area contributed by atoms with Crippen molar-refractivity contribution < 1.29 is 0 Å². The summed E-state index contributed by atoms with van der Waals surface area (Å²) in [5.41, 5.74) is 17.9. The molecule has 1 saturated carbocycles. The molecule has 2 fully saturated rings. The number of aromatic amines is 1. The normalized spacial score (nSPS) is 25.7. The summed E-state index contributed by atoms with van der Waals surface area (Å²) in [6.45, 7) is 2.13. The van der Waals surface area contributed by atoms with Crippen molar-refractivity contribution in [1.29, 1.82) is 0 Å². The number of nitrogens with zero attached hydrogens (tertiary/aromatic N) is 3. The van der Waals surface area contributed by atoms with E-state index in [2.05, 4.69) is 57.0 Å². The number of aromatic nitrogens is 4. The summed E-state index contributed by atoms with van der Waals surface area (Å²) in [4.78, 5) is 19.9. The van der Waals surface area contributed by atoms with Crippen molar-refractivity contribution in [3.05, 3.63) is 59.1 Å². The van der Waals surface area contributed by atoms with Crippen LogP contribution >= 0.6 is 11.3 Å². The monoisotopic (exact) mass is 431 g/mol. The van der Waals surface area contributed by atoms with E-state index in [4.69, 9.17) is 10.7 Å². The highest BCUT2D eigenvalue weighted by Crippen LogP contribution is 2.44. The van der Waals surface area contributed by atoms with Crippen LogP contribution in [0, 0.1) is 12.8 Å². The Bertz CT molecular complexity index is 1250. The number of aryl methyl sites for hydroxylation is 1. The molecule has 4 unspecified atom stereocenters. The van der Waals surface area contributed by atoms with Crippen LogP contribution in [-0.4, -0.2) is 26.0 Å². The Morgan fingerprint density at radius 2 is 2.06 bits per heavy atom. The minimum absolute atomic E-state index is 0.119. The van der Waals surface area contributed by atoms with Gasteiger partial charge in [-0.05, 0) is 67.9 Å². The molecule has 7 nitrogen and oxygen atoms in total. The van der Waals surface area contributed by atoms with Crippen molar-refractivity contribution in [1.82, 2.24) is 30.8 Å². The number of pyridine rings is 2. The summed E-state index contributed by atoms with van der Waals surface area (Å²) in [6, 6.07) is 9.03. The molecule has 1 saturated heterocycles. The van der Waals surface area contributed by atoms with Gasteiger partial charge in [0.2, 0.25) is 0 Å². The van der Waals surface area contributed by atoms with Crippen LogP contribution < -0.4 is 16.6 Å². The highest BCUT2D eigenvalue weighted by atomic mass is 32.1. The van der Waals surface area contributed by atoms with Crippen molar-refractivity contribution in [3.63, 3.8) is 0 Å². The van der Waals surface area contributed by atoms with Gasteiger partial charge in [-0.15, -0.1) is 11.3 Å². The predicted octanol–water partition coefficient (Wildman–Crippen LogP) is 4.07. The van der Waals surface area contributed by atoms with Gasteiger partial charge in [-0.2, -0.15) is 0 Å². The fourth-order valence-electron chi connectivity index (χ4n) is 5.19. The van der Waals surface area contributed by atoms with Crippen molar-refractivity contribution in [2.75, 3.05) is 5.73 Å². The minimum Gasteiger partial charge on any atom is -0.397 e. The number of fused-ring (bicyclic) bond motifs is 2. The number of nitrogens with one attached hydrogen (secondary N) is 3. The molecule has 0 aromatic carbocycles. The Balaban J connectivity index is 1.33. The summed E-state index contributed by atoms with van der Waals surface area (Å²) < 4.78 is 0. The third-order valence-corrected chi connectivity index (χ3v) is 7.75. The van der Waals surface area contributed by atoms with Crippen molar-refractivity contribution in [2.24, 2.45) is 5.92 Å². The lowest BCUT2D eigenvalue weighted by Gasteiger charge is -2.32. The predicted molar refractivity (Wildman–Crippen MR) is 123 cm³/mol. The second-order valence-electron chi connectivity index (χ2n) is 8.69. The number of nitrogen functional groups attached to an aromatic ring is 1. The van der Waals surface area contributed by atoms with Gasteiger partial charge in [0, 0.05) is 40.0 Å². The van der Waals surface area contributed by atoms with Crippen molar-refractivity contribution in [2.45, 2.75) is 44.2 Å². The number of hydrazine groups is 1. The van der Waals surface area contributed by atoms with Gasteiger partial charge in [-0.25, -0.2) is 15.4 Å². The van der Waals surface area contributed by atoms with Gasteiger partial charge >= 0.3 is 0 Å². The summed E-state index contributed by atoms with van der Waals surface area (Å²) in [5.74, 6) is 1.86. The Labute approximate surface area is 184 Å². The van der Waals surface area contributed by atoms with Gasteiger partial charge in [0.1, 0.15) is 5.82 Å². The number of thiophene rings is 1. The second kappa shape index (κ2) is 7.40. The van der Waals surface area contributed by atoms with E-state index in [1.165, 1.54) is 15.3 Å². The number of anilines is 1. The fraction of sp³-hybridized carbons (Fsp3) is 0.348. The maximum atomic E-state index is 5.99. The zero-order valence-corrected chi connectivity index (χ0v) is 18.1. The lowest BCUT2D eigenvalue weighted by molar-refractivity contribution is 0.274. The molecule has 5 heterocycles. The molecule has 8 heteroatoms. The third kappa shape index (κ3) is 3.31. The summed E-state index contributed by atoms with van der Waals surface area (Å²) in [5, 5.41) is 0. The van der Waals surface area contributed by atoms with Gasteiger partial charge in [0.15, 0.2) is 5.65 Å². The van der Waals surface area contributed by atoms with Gasteiger partial charge in [0.25, 0.3) is 0 Å². The smallest absolute Gasteiger partial charge is 0.178 e. The molecule has 0 spiro atoms. The van der Waals surface area contributed by atoms with E-state index >= 15 is 0 Å². The highest BCUT2D eigenvalue weighted by Gasteiger charge is 2.42. The molecule has 5 N–H and O–H groups in total. The largest absolute Gasteiger partial charge is 0.397 e. The Hall–Kier alpha value is -2.81. The minimum atomic E-state index is 0.119. The van der Waals surface area contributed by atoms with Gasteiger partial charge in [-0.1, -0.05) is 0 Å². The number of rotatable bonds is 3. The standard InChI is InChI=1S/C23H25N7S/c1-12-2-5-19(31-12)16-6-7-26-22-20(16)27-23(28-22)21-17-9-13(3-4-18(17)29-30-21)14-8-15(24)11-25-10-14/h2,5-8,10-11,13,17-18,21,29-30H,3-4,9,24H2,1H3,(H,26,27,28). The molecule has 4 aromatic heterocycles. The molecule has 0 bridgehead atoms. The summed E-state index contributed by atoms with van der Waals surface area (Å²) in [7, 11) is 0. The zero-order chi connectivity index (χ0) is 20.9. The number of hydrogen-bond donors (Lipinski definition) is 4. The van der Waals surface area contributed by atoms with Gasteiger partial charge in [0.05, 0.1) is 17.2 Å². The zero-order valence-electron chi connectivity index (χ0n) is 17.3. The fourth-order valence-corrected chi connectivity index (χ4v) is 6.09. The lowest BCUT2D eigenvalue weighted by Crippen LogP contribution is -2.34. The third-order valence-electron chi connectivity index (χ3n) is 6.71. The topological polar surface area (TPSA) is 105 Å². The van der Waals surface area contributed by atoms with E-state index < -0.39 is 0 Å². The van der Waals surface area contributed by atoms with Crippen LogP contribution in [0.4, 0.5) is 5.69 Å². The molecule has 4 atom stereocenters. The van der Waals surface area contributed by atoms with E-state index in [1.807, 2.05) is 12.4 Å². The van der Waals surface area contributed by atoms with Crippen LogP contribution in [0.25, 0.3) is 21.6 Å². The number of imidazole rings is 1. The first-order valence-electron chi connectivity index (χ1n) is 10.8. The highest BCUT2D eigenvalue weighted by molar-refractivity contribution is 7.15. The molecule has 1 aliphatic heterocycles.